The van der Waals surface area contributed by atoms with Crippen LogP contribution >= 0.6 is 0 Å². The first-order valence-electron chi connectivity index (χ1n) is 8.88. The van der Waals surface area contributed by atoms with Gasteiger partial charge in [-0.25, -0.2) is 8.42 Å². The Balaban J connectivity index is 0.000000380. The second-order valence-electron chi connectivity index (χ2n) is 7.17. The fraction of sp³-hybridized carbons (Fsp3) is 0.333. The largest absolute Gasteiger partial charge is 0.726 e. The van der Waals surface area contributed by atoms with E-state index in [9.17, 15) is 13.0 Å². The Morgan fingerprint density at radius 2 is 1.26 bits per heavy atom. The molecule has 0 spiro atoms. The fourth-order valence-electron chi connectivity index (χ4n) is 3.15. The minimum atomic E-state index is -4.41. The molecule has 1 fully saturated rings. The maximum absolute atomic E-state index is 9.22. The molecule has 2 aromatic carbocycles. The molecule has 1 heterocycles. The summed E-state index contributed by atoms with van der Waals surface area (Å²) in [4.78, 5) is 0. The molecule has 1 aliphatic rings. The van der Waals surface area contributed by atoms with E-state index in [2.05, 4.69) is 78.9 Å². The van der Waals surface area contributed by atoms with Gasteiger partial charge in [0.15, 0.2) is 0 Å². The molecule has 27 heavy (non-hydrogen) atoms. The van der Waals surface area contributed by atoms with Crippen LogP contribution in [-0.2, 0) is 14.6 Å². The molecule has 0 aliphatic carbocycles. The molecule has 146 valence electrons. The molecule has 0 saturated carbocycles. The lowest BCUT2D eigenvalue weighted by Gasteiger charge is -2.35. The van der Waals surface area contributed by atoms with E-state index in [1.165, 1.54) is 42.6 Å². The molecular weight excluding hydrogens is 362 g/mol. The second-order valence-corrected chi connectivity index (χ2v) is 8.32. The SMILES string of the molecule is COS(=O)(=O)[O-].C[N+]1(C)CCC(=C(c2ccccc2)c2ccccc2)CC1. The molecular formula is C21H27NO4S. The second kappa shape index (κ2) is 9.28. The van der Waals surface area contributed by atoms with Crippen LogP contribution in [0.25, 0.3) is 5.57 Å². The Morgan fingerprint density at radius 3 is 1.59 bits per heavy atom. The summed E-state index contributed by atoms with van der Waals surface area (Å²) in [6, 6.07) is 21.7. The lowest BCUT2D eigenvalue weighted by atomic mass is 9.88. The molecule has 1 aliphatic heterocycles. The highest BCUT2D eigenvalue weighted by Gasteiger charge is 2.24. The van der Waals surface area contributed by atoms with Crippen LogP contribution in [0.5, 0.6) is 0 Å². The van der Waals surface area contributed by atoms with Gasteiger partial charge in [0.25, 0.3) is 0 Å². The monoisotopic (exact) mass is 389 g/mol. The van der Waals surface area contributed by atoms with Crippen molar-refractivity contribution in [2.24, 2.45) is 0 Å². The summed E-state index contributed by atoms with van der Waals surface area (Å²) in [5.74, 6) is 0. The zero-order chi connectivity index (χ0) is 19.9. The number of benzene rings is 2. The number of likely N-dealkylation sites (tertiary alicyclic amines) is 1. The van der Waals surface area contributed by atoms with Gasteiger partial charge in [0, 0.05) is 12.8 Å². The van der Waals surface area contributed by atoms with Crippen molar-refractivity contribution in [3.8, 4) is 0 Å². The Bertz CT molecular complexity index is 806. The summed E-state index contributed by atoms with van der Waals surface area (Å²) in [6.07, 6.45) is 2.40. The summed E-state index contributed by atoms with van der Waals surface area (Å²) in [6.45, 7) is 2.47. The van der Waals surface area contributed by atoms with Crippen LogP contribution < -0.4 is 0 Å². The number of rotatable bonds is 3. The van der Waals surface area contributed by atoms with E-state index in [4.69, 9.17) is 0 Å². The summed E-state index contributed by atoms with van der Waals surface area (Å²) >= 11 is 0. The van der Waals surface area contributed by atoms with Crippen molar-refractivity contribution in [2.75, 3.05) is 34.3 Å². The van der Waals surface area contributed by atoms with Crippen LogP contribution in [0.15, 0.2) is 66.2 Å². The van der Waals surface area contributed by atoms with Crippen molar-refractivity contribution >= 4 is 16.0 Å². The van der Waals surface area contributed by atoms with Gasteiger partial charge in [-0.2, -0.15) is 0 Å². The van der Waals surface area contributed by atoms with Gasteiger partial charge in [-0.15, -0.1) is 0 Å². The van der Waals surface area contributed by atoms with E-state index in [1.807, 2.05) is 0 Å². The number of piperidine rings is 1. The minimum absolute atomic E-state index is 0.808. The molecule has 3 rings (SSSR count). The van der Waals surface area contributed by atoms with Crippen LogP contribution in [-0.4, -0.2) is 51.7 Å². The molecule has 6 heteroatoms. The van der Waals surface area contributed by atoms with Crippen molar-refractivity contribution in [3.05, 3.63) is 77.4 Å². The summed E-state index contributed by atoms with van der Waals surface area (Å²) < 4.78 is 32.2. The van der Waals surface area contributed by atoms with Crippen LogP contribution in [0, 0.1) is 0 Å². The molecule has 0 unspecified atom stereocenters. The normalized spacial score (nSPS) is 16.2. The first kappa shape index (κ1) is 21.3. The maximum Gasteiger partial charge on any atom is 0.217 e. The maximum atomic E-state index is 9.22. The molecule has 0 bridgehead atoms. The number of nitrogens with zero attached hydrogens (tertiary/aromatic N) is 1. The molecule has 5 nitrogen and oxygen atoms in total. The fourth-order valence-corrected chi connectivity index (χ4v) is 3.15. The van der Waals surface area contributed by atoms with Crippen molar-refractivity contribution in [3.63, 3.8) is 0 Å². The van der Waals surface area contributed by atoms with Crippen molar-refractivity contribution in [2.45, 2.75) is 12.8 Å². The van der Waals surface area contributed by atoms with Crippen LogP contribution in [0.4, 0.5) is 0 Å². The standard InChI is InChI=1S/C20H24N.CH4O4S/c1-21(2)15-13-19(14-16-21)20(17-9-5-3-6-10-17)18-11-7-4-8-12-18;1-5-6(2,3)4/h3-12H,13-16H2,1-2H3;1H3,(H,2,3,4)/q+1;/p-1. The van der Waals surface area contributed by atoms with E-state index in [1.54, 1.807) is 5.57 Å². The number of hydrogen-bond donors (Lipinski definition) is 0. The van der Waals surface area contributed by atoms with Crippen molar-refractivity contribution in [1.29, 1.82) is 0 Å². The van der Waals surface area contributed by atoms with Gasteiger partial charge in [0.1, 0.15) is 0 Å². The third-order valence-electron chi connectivity index (χ3n) is 4.72. The Hall–Kier alpha value is -1.99. The summed E-state index contributed by atoms with van der Waals surface area (Å²) in [7, 11) is 1.07. The highest BCUT2D eigenvalue weighted by Crippen LogP contribution is 2.33. The third kappa shape index (κ3) is 6.92. The summed E-state index contributed by atoms with van der Waals surface area (Å²) in [5.41, 5.74) is 5.78. The van der Waals surface area contributed by atoms with Gasteiger partial charge >= 0.3 is 0 Å². The van der Waals surface area contributed by atoms with Crippen molar-refractivity contribution in [1.82, 2.24) is 0 Å². The predicted octanol–water partition coefficient (Wildman–Crippen LogP) is 3.45. The molecule has 0 aromatic heterocycles. The number of quaternary nitrogens is 1. The lowest BCUT2D eigenvalue weighted by Crippen LogP contribution is -2.44. The van der Waals surface area contributed by atoms with Gasteiger partial charge < -0.3 is 9.04 Å². The number of hydrogen-bond acceptors (Lipinski definition) is 4. The smallest absolute Gasteiger partial charge is 0.217 e. The van der Waals surface area contributed by atoms with E-state index in [0.717, 1.165) is 11.6 Å². The van der Waals surface area contributed by atoms with Crippen LogP contribution in [0.2, 0.25) is 0 Å². The van der Waals surface area contributed by atoms with Gasteiger partial charge in [-0.3, -0.25) is 4.18 Å². The highest BCUT2D eigenvalue weighted by molar-refractivity contribution is 7.80. The zero-order valence-corrected chi connectivity index (χ0v) is 16.9. The van der Waals surface area contributed by atoms with Gasteiger partial charge in [0.05, 0.1) is 34.3 Å². The van der Waals surface area contributed by atoms with Gasteiger partial charge in [-0.1, -0.05) is 66.2 Å². The molecule has 0 atom stereocenters. The molecule has 2 aromatic rings. The molecule has 0 N–H and O–H groups in total. The van der Waals surface area contributed by atoms with Crippen molar-refractivity contribution < 1.29 is 21.6 Å². The summed E-state index contributed by atoms with van der Waals surface area (Å²) in [5, 5.41) is 0. The molecule has 1 saturated heterocycles. The first-order chi connectivity index (χ1) is 12.7. The van der Waals surface area contributed by atoms with E-state index in [0.29, 0.717) is 0 Å². The highest BCUT2D eigenvalue weighted by atomic mass is 32.3. The zero-order valence-electron chi connectivity index (χ0n) is 16.1. The van der Waals surface area contributed by atoms with Gasteiger partial charge in [0.2, 0.25) is 10.4 Å². The van der Waals surface area contributed by atoms with E-state index >= 15 is 0 Å². The van der Waals surface area contributed by atoms with E-state index in [-0.39, 0.29) is 0 Å². The average Bonchev–Trinajstić information content (AvgIpc) is 2.65. The average molecular weight is 390 g/mol. The lowest BCUT2D eigenvalue weighted by molar-refractivity contribution is -0.892. The van der Waals surface area contributed by atoms with Crippen LogP contribution in [0.3, 0.4) is 0 Å². The topological polar surface area (TPSA) is 66.4 Å². The Labute approximate surface area is 162 Å². The predicted molar refractivity (Wildman–Crippen MR) is 107 cm³/mol. The van der Waals surface area contributed by atoms with Gasteiger partial charge in [-0.05, 0) is 16.7 Å². The molecule has 0 radical (unpaired) electrons. The third-order valence-corrected chi connectivity index (χ3v) is 5.13. The molecule has 0 amide bonds. The van der Waals surface area contributed by atoms with Crippen LogP contribution in [0.1, 0.15) is 24.0 Å². The Kier molecular flexibility index (Phi) is 7.33. The first-order valence-corrected chi connectivity index (χ1v) is 10.2. The van der Waals surface area contributed by atoms with E-state index < -0.39 is 10.4 Å². The Morgan fingerprint density at radius 1 is 0.889 bits per heavy atom. The quantitative estimate of drug-likeness (QED) is 0.458. The minimum Gasteiger partial charge on any atom is -0.726 e.